The van der Waals surface area contributed by atoms with Crippen molar-refractivity contribution in [3.63, 3.8) is 0 Å². The lowest BCUT2D eigenvalue weighted by molar-refractivity contribution is -0.129. The van der Waals surface area contributed by atoms with Crippen LogP contribution in [-0.4, -0.2) is 184 Å². The summed E-state index contributed by atoms with van der Waals surface area (Å²) >= 11 is 0. The summed E-state index contributed by atoms with van der Waals surface area (Å²) in [4.78, 5) is 40.6. The maximum atomic E-state index is 12.2. The van der Waals surface area contributed by atoms with Crippen LogP contribution in [0.15, 0.2) is 0 Å². The average Bonchev–Trinajstić information content (AvgIpc) is 3.47. The lowest BCUT2D eigenvalue weighted by Crippen LogP contribution is -2.47. The zero-order chi connectivity index (χ0) is 31.8. The molecule has 0 aromatic rings. The topological polar surface area (TPSA) is 66.1 Å². The van der Waals surface area contributed by atoms with E-state index in [0.29, 0.717) is 36.7 Å². The maximum Gasteiger partial charge on any atom is 0.224 e. The number of morpholine rings is 1. The highest BCUT2D eigenvalue weighted by Crippen LogP contribution is 2.23. The maximum absolute atomic E-state index is 12.2. The van der Waals surface area contributed by atoms with Gasteiger partial charge in [-0.2, -0.15) is 0 Å². The van der Waals surface area contributed by atoms with Gasteiger partial charge >= 0.3 is 0 Å². The monoisotopic (exact) mass is 608 g/mol. The Morgan fingerprint density at radius 3 is 1.47 bits per heavy atom. The lowest BCUT2D eigenvalue weighted by Gasteiger charge is -2.34. The molecular formula is C33H65N7O3. The van der Waals surface area contributed by atoms with Gasteiger partial charge in [0.1, 0.15) is 0 Å². The van der Waals surface area contributed by atoms with Gasteiger partial charge in [-0.25, -0.2) is 0 Å². The lowest BCUT2D eigenvalue weighted by atomic mass is 9.96. The summed E-state index contributed by atoms with van der Waals surface area (Å²) in [5.74, 6) is 0.638. The van der Waals surface area contributed by atoms with Crippen molar-refractivity contribution in [3.8, 4) is 0 Å². The zero-order valence-electron chi connectivity index (χ0n) is 29.2. The van der Waals surface area contributed by atoms with Crippen LogP contribution in [-0.2, 0) is 14.3 Å². The number of likely N-dealkylation sites (tertiary alicyclic amines) is 2. The summed E-state index contributed by atoms with van der Waals surface area (Å²) in [7, 11) is 6.52. The summed E-state index contributed by atoms with van der Waals surface area (Å²) in [6, 6.07) is 0.767. The Kier molecular flexibility index (Phi) is 13.7. The van der Waals surface area contributed by atoms with Crippen molar-refractivity contribution in [3.05, 3.63) is 0 Å². The zero-order valence-corrected chi connectivity index (χ0v) is 29.2. The third kappa shape index (κ3) is 12.9. The van der Waals surface area contributed by atoms with E-state index in [0.717, 1.165) is 78.7 Å². The van der Waals surface area contributed by atoms with Gasteiger partial charge in [-0.05, 0) is 32.0 Å². The summed E-state index contributed by atoms with van der Waals surface area (Å²) in [5, 5.41) is 0. The van der Waals surface area contributed by atoms with E-state index in [9.17, 15) is 9.59 Å². The molecular weight excluding hydrogens is 542 g/mol. The van der Waals surface area contributed by atoms with E-state index in [4.69, 9.17) is 4.74 Å². The van der Waals surface area contributed by atoms with Gasteiger partial charge < -0.3 is 19.4 Å². The molecule has 4 fully saturated rings. The van der Waals surface area contributed by atoms with Crippen molar-refractivity contribution in [1.82, 2.24) is 34.3 Å². The quantitative estimate of drug-likeness (QED) is 0.372. The van der Waals surface area contributed by atoms with Crippen molar-refractivity contribution in [2.75, 3.05) is 126 Å². The van der Waals surface area contributed by atoms with Crippen LogP contribution in [0.2, 0.25) is 0 Å². The van der Waals surface area contributed by atoms with Crippen LogP contribution in [0, 0.1) is 10.8 Å². The molecule has 10 heteroatoms. The van der Waals surface area contributed by atoms with Gasteiger partial charge in [0.2, 0.25) is 11.8 Å². The molecule has 0 aromatic carbocycles. The molecule has 4 heterocycles. The number of amides is 2. The molecule has 4 rings (SSSR count). The van der Waals surface area contributed by atoms with Gasteiger partial charge in [0.25, 0.3) is 0 Å². The second-order valence-electron chi connectivity index (χ2n) is 15.9. The van der Waals surface area contributed by atoms with Gasteiger partial charge in [-0.3, -0.25) is 29.2 Å². The molecule has 10 nitrogen and oxygen atoms in total. The largest absolute Gasteiger partial charge is 0.379 e. The first-order chi connectivity index (χ1) is 20.1. The fraction of sp³-hybridized carbons (Fsp3) is 0.939. The Bertz CT molecular complexity index is 860. The molecule has 4 aliphatic rings. The molecule has 2 unspecified atom stereocenters. The van der Waals surface area contributed by atoms with E-state index >= 15 is 0 Å². The number of likely N-dealkylation sites (N-methyl/N-ethyl adjacent to an activating group) is 3. The summed E-state index contributed by atoms with van der Waals surface area (Å²) in [5.41, 5.74) is 0.361. The molecule has 0 spiro atoms. The van der Waals surface area contributed by atoms with Crippen LogP contribution in [0.4, 0.5) is 0 Å². The third-order valence-corrected chi connectivity index (χ3v) is 9.20. The minimum atomic E-state index is 0.178. The number of nitrogens with zero attached hydrogens (tertiary/aromatic N) is 7. The second-order valence-corrected chi connectivity index (χ2v) is 15.9. The summed E-state index contributed by atoms with van der Waals surface area (Å²) in [6.07, 6.45) is 1.37. The van der Waals surface area contributed by atoms with Crippen molar-refractivity contribution >= 4 is 11.8 Å². The second kappa shape index (κ2) is 16.3. The average molecular weight is 608 g/mol. The number of carbonyl (C=O) groups excluding carboxylic acids is 2. The van der Waals surface area contributed by atoms with E-state index in [1.54, 1.807) is 0 Å². The number of hydrogen-bond acceptors (Lipinski definition) is 8. The molecule has 4 aliphatic heterocycles. The molecule has 2 atom stereocenters. The van der Waals surface area contributed by atoms with Gasteiger partial charge in [0, 0.05) is 117 Å². The minimum Gasteiger partial charge on any atom is -0.379 e. The molecule has 4 saturated heterocycles. The van der Waals surface area contributed by atoms with Crippen LogP contribution in [0.5, 0.6) is 0 Å². The Morgan fingerprint density at radius 1 is 0.674 bits per heavy atom. The van der Waals surface area contributed by atoms with Crippen LogP contribution < -0.4 is 0 Å². The molecule has 0 aromatic heterocycles. The highest BCUT2D eigenvalue weighted by atomic mass is 16.5. The van der Waals surface area contributed by atoms with Crippen LogP contribution >= 0.6 is 0 Å². The number of ether oxygens (including phenoxy) is 1. The molecule has 0 bridgehead atoms. The Balaban J connectivity index is 0.000000236. The van der Waals surface area contributed by atoms with Crippen LogP contribution in [0.1, 0.15) is 54.4 Å². The number of rotatable bonds is 10. The smallest absolute Gasteiger partial charge is 0.224 e. The van der Waals surface area contributed by atoms with Gasteiger partial charge in [0.15, 0.2) is 0 Å². The predicted octanol–water partition coefficient (Wildman–Crippen LogP) is 1.71. The standard InChI is InChI=1S/C17H34N4O.C16H31N3O2/c1-17(2,3)14-21-13-15(12-16(21)22)19(5)8-11-20-9-6-18(4)7-10-20;1-16(2,3)13-19-12-14(11-15(19)20)17(4)5-6-18-7-9-21-10-8-18/h15H,6-14H2,1-5H3;14H,5-13H2,1-4H3. The van der Waals surface area contributed by atoms with Crippen molar-refractivity contribution in [2.45, 2.75) is 66.5 Å². The van der Waals surface area contributed by atoms with Crippen molar-refractivity contribution in [2.24, 2.45) is 10.8 Å². The van der Waals surface area contributed by atoms with E-state index in [1.807, 2.05) is 4.90 Å². The van der Waals surface area contributed by atoms with E-state index in [2.05, 4.69) is 92.1 Å². The van der Waals surface area contributed by atoms with E-state index in [1.165, 1.54) is 26.2 Å². The first-order valence-electron chi connectivity index (χ1n) is 16.8. The molecule has 0 N–H and O–H groups in total. The first-order valence-corrected chi connectivity index (χ1v) is 16.8. The Hall–Kier alpha value is -1.30. The normalized spacial score (nSPS) is 25.3. The first kappa shape index (κ1) is 36.2. The van der Waals surface area contributed by atoms with Crippen molar-refractivity contribution in [1.29, 1.82) is 0 Å². The number of hydrogen-bond donors (Lipinski definition) is 0. The van der Waals surface area contributed by atoms with Crippen LogP contribution in [0.3, 0.4) is 0 Å². The van der Waals surface area contributed by atoms with Gasteiger partial charge in [-0.1, -0.05) is 41.5 Å². The molecule has 0 aliphatic carbocycles. The fourth-order valence-electron chi connectivity index (χ4n) is 6.40. The molecule has 2 amide bonds. The molecule has 250 valence electrons. The Morgan fingerprint density at radius 2 is 1.07 bits per heavy atom. The molecule has 43 heavy (non-hydrogen) atoms. The SMILES string of the molecule is CN(CCN1CCOCC1)C1CC(=O)N(CC(C)(C)C)C1.CN1CCN(CCN(C)C2CC(=O)N(CC(C)(C)C)C2)CC1. The highest BCUT2D eigenvalue weighted by molar-refractivity contribution is 5.79. The summed E-state index contributed by atoms with van der Waals surface area (Å²) < 4.78 is 5.37. The van der Waals surface area contributed by atoms with Crippen molar-refractivity contribution < 1.29 is 14.3 Å². The highest BCUT2D eigenvalue weighted by Gasteiger charge is 2.35. The van der Waals surface area contributed by atoms with Gasteiger partial charge in [0.05, 0.1) is 13.2 Å². The van der Waals surface area contributed by atoms with Crippen LogP contribution in [0.25, 0.3) is 0 Å². The van der Waals surface area contributed by atoms with E-state index in [-0.39, 0.29) is 10.8 Å². The molecule has 0 saturated carbocycles. The fourth-order valence-corrected chi connectivity index (χ4v) is 6.40. The number of piperazine rings is 1. The Labute approximate surface area is 263 Å². The minimum absolute atomic E-state index is 0.178. The van der Waals surface area contributed by atoms with E-state index < -0.39 is 0 Å². The number of carbonyl (C=O) groups is 2. The molecule has 0 radical (unpaired) electrons. The predicted molar refractivity (Wildman–Crippen MR) is 175 cm³/mol. The van der Waals surface area contributed by atoms with Gasteiger partial charge in [-0.15, -0.1) is 0 Å². The summed E-state index contributed by atoms with van der Waals surface area (Å²) in [6.45, 7) is 29.4. The third-order valence-electron chi connectivity index (χ3n) is 9.20.